The van der Waals surface area contributed by atoms with Gasteiger partial charge in [0.15, 0.2) is 6.29 Å². The normalized spacial score (nSPS) is 19.0. The summed E-state index contributed by atoms with van der Waals surface area (Å²) in [6.07, 6.45) is 0.750. The van der Waals surface area contributed by atoms with Gasteiger partial charge in [0.2, 0.25) is 0 Å². The van der Waals surface area contributed by atoms with Crippen molar-refractivity contribution in [1.82, 2.24) is 0 Å². The Bertz CT molecular complexity index is 180. The van der Waals surface area contributed by atoms with Gasteiger partial charge in [0.05, 0.1) is 0 Å². The van der Waals surface area contributed by atoms with Gasteiger partial charge >= 0.3 is 5.97 Å². The second-order valence-electron chi connectivity index (χ2n) is 3.20. The molecule has 4 heteroatoms. The Hall–Kier alpha value is -0.610. The SMILES string of the molecule is CCOC(OCC)C1(C(=O)O)CC1. The largest absolute Gasteiger partial charge is 0.481 e. The average molecular weight is 188 g/mol. The molecule has 76 valence electrons. The van der Waals surface area contributed by atoms with Gasteiger partial charge in [0.25, 0.3) is 0 Å². The topological polar surface area (TPSA) is 55.8 Å². The molecule has 0 amide bonds. The average Bonchev–Trinajstić information content (AvgIpc) is 2.84. The number of aliphatic carboxylic acids is 1. The van der Waals surface area contributed by atoms with E-state index >= 15 is 0 Å². The van der Waals surface area contributed by atoms with Crippen LogP contribution in [0.25, 0.3) is 0 Å². The summed E-state index contributed by atoms with van der Waals surface area (Å²) in [7, 11) is 0. The minimum atomic E-state index is -0.806. The lowest BCUT2D eigenvalue weighted by Gasteiger charge is -2.22. The molecule has 1 fully saturated rings. The van der Waals surface area contributed by atoms with Gasteiger partial charge in [-0.25, -0.2) is 0 Å². The van der Waals surface area contributed by atoms with Gasteiger partial charge in [-0.2, -0.15) is 0 Å². The highest BCUT2D eigenvalue weighted by molar-refractivity contribution is 5.78. The Morgan fingerprint density at radius 3 is 2.08 bits per heavy atom. The third kappa shape index (κ3) is 2.00. The molecule has 1 rings (SSSR count). The highest BCUT2D eigenvalue weighted by atomic mass is 16.7. The van der Waals surface area contributed by atoms with Gasteiger partial charge in [-0.1, -0.05) is 0 Å². The quantitative estimate of drug-likeness (QED) is 0.637. The molecule has 13 heavy (non-hydrogen) atoms. The number of carbonyl (C=O) groups is 1. The van der Waals surface area contributed by atoms with Gasteiger partial charge in [0.1, 0.15) is 5.41 Å². The minimum Gasteiger partial charge on any atom is -0.481 e. The number of ether oxygens (including phenoxy) is 2. The first kappa shape index (κ1) is 10.5. The van der Waals surface area contributed by atoms with Crippen molar-refractivity contribution in [1.29, 1.82) is 0 Å². The highest BCUT2D eigenvalue weighted by Crippen LogP contribution is 2.50. The maximum Gasteiger partial charge on any atom is 0.314 e. The van der Waals surface area contributed by atoms with Crippen molar-refractivity contribution in [2.24, 2.45) is 5.41 Å². The van der Waals surface area contributed by atoms with Crippen molar-refractivity contribution >= 4 is 5.97 Å². The molecule has 0 aliphatic heterocycles. The summed E-state index contributed by atoms with van der Waals surface area (Å²) < 4.78 is 10.5. The van der Waals surface area contributed by atoms with E-state index in [1.807, 2.05) is 13.8 Å². The van der Waals surface area contributed by atoms with Crippen molar-refractivity contribution in [3.05, 3.63) is 0 Å². The van der Waals surface area contributed by atoms with E-state index in [4.69, 9.17) is 14.6 Å². The molecule has 1 aliphatic carbocycles. The lowest BCUT2D eigenvalue weighted by atomic mass is 10.1. The summed E-state index contributed by atoms with van der Waals surface area (Å²) in [5, 5.41) is 8.97. The maximum absolute atomic E-state index is 10.9. The zero-order chi connectivity index (χ0) is 9.90. The fraction of sp³-hybridized carbons (Fsp3) is 0.889. The zero-order valence-corrected chi connectivity index (χ0v) is 8.08. The number of carboxylic acid groups (broad SMARTS) is 1. The van der Waals surface area contributed by atoms with Crippen molar-refractivity contribution in [2.45, 2.75) is 33.0 Å². The molecule has 0 saturated heterocycles. The summed E-state index contributed by atoms with van der Waals surface area (Å²) in [5.74, 6) is -0.806. The van der Waals surface area contributed by atoms with Gasteiger partial charge < -0.3 is 14.6 Å². The number of hydrogen-bond donors (Lipinski definition) is 1. The number of rotatable bonds is 6. The summed E-state index contributed by atoms with van der Waals surface area (Å²) in [4.78, 5) is 10.9. The first-order chi connectivity index (χ1) is 6.17. The van der Waals surface area contributed by atoms with Gasteiger partial charge in [-0.3, -0.25) is 4.79 Å². The number of carboxylic acids is 1. The molecular formula is C9H16O4. The molecule has 0 aromatic heterocycles. The van der Waals surface area contributed by atoms with Crippen molar-refractivity contribution in [3.8, 4) is 0 Å². The van der Waals surface area contributed by atoms with Crippen LogP contribution in [-0.2, 0) is 14.3 Å². The van der Waals surface area contributed by atoms with E-state index in [0.717, 1.165) is 0 Å². The smallest absolute Gasteiger partial charge is 0.314 e. The minimum absolute atomic E-state index is 0.486. The Kier molecular flexibility index (Phi) is 3.27. The van der Waals surface area contributed by atoms with Crippen LogP contribution in [0.15, 0.2) is 0 Å². The molecule has 1 saturated carbocycles. The third-order valence-corrected chi connectivity index (χ3v) is 2.30. The molecule has 0 spiro atoms. The molecule has 0 radical (unpaired) electrons. The molecule has 1 N–H and O–H groups in total. The Morgan fingerprint density at radius 2 is 1.85 bits per heavy atom. The van der Waals surface area contributed by atoms with E-state index in [9.17, 15) is 4.79 Å². The molecule has 0 unspecified atom stereocenters. The van der Waals surface area contributed by atoms with E-state index in [-0.39, 0.29) is 0 Å². The van der Waals surface area contributed by atoms with E-state index in [0.29, 0.717) is 26.1 Å². The lowest BCUT2D eigenvalue weighted by molar-refractivity contribution is -0.192. The van der Waals surface area contributed by atoms with Crippen molar-refractivity contribution in [2.75, 3.05) is 13.2 Å². The first-order valence-corrected chi connectivity index (χ1v) is 4.64. The van der Waals surface area contributed by atoms with Crippen LogP contribution < -0.4 is 0 Å². The summed E-state index contributed by atoms with van der Waals surface area (Å²) in [6.45, 7) is 4.65. The van der Waals surface area contributed by atoms with Crippen LogP contribution in [0.1, 0.15) is 26.7 Å². The van der Waals surface area contributed by atoms with Crippen LogP contribution in [0.2, 0.25) is 0 Å². The number of hydrogen-bond acceptors (Lipinski definition) is 3. The molecule has 0 aromatic rings. The second-order valence-corrected chi connectivity index (χ2v) is 3.20. The van der Waals surface area contributed by atoms with Crippen LogP contribution in [0.5, 0.6) is 0 Å². The fourth-order valence-electron chi connectivity index (χ4n) is 1.35. The molecular weight excluding hydrogens is 172 g/mol. The Morgan fingerprint density at radius 1 is 1.38 bits per heavy atom. The van der Waals surface area contributed by atoms with E-state index in [1.165, 1.54) is 0 Å². The molecule has 0 bridgehead atoms. The fourth-order valence-corrected chi connectivity index (χ4v) is 1.35. The van der Waals surface area contributed by atoms with Crippen LogP contribution in [0.4, 0.5) is 0 Å². The molecule has 0 atom stereocenters. The lowest BCUT2D eigenvalue weighted by Crippen LogP contribution is -2.34. The first-order valence-electron chi connectivity index (χ1n) is 4.64. The van der Waals surface area contributed by atoms with Crippen LogP contribution in [0.3, 0.4) is 0 Å². The van der Waals surface area contributed by atoms with Gasteiger partial charge in [0, 0.05) is 13.2 Å². The molecule has 0 heterocycles. The van der Waals surface area contributed by atoms with E-state index in [2.05, 4.69) is 0 Å². The van der Waals surface area contributed by atoms with Crippen LogP contribution in [0, 0.1) is 5.41 Å². The summed E-state index contributed by atoms with van der Waals surface area (Å²) in [6, 6.07) is 0. The standard InChI is InChI=1S/C9H16O4/c1-3-12-8(13-4-2)9(5-6-9)7(10)11/h8H,3-6H2,1-2H3,(H,10,11). The molecule has 1 aliphatic rings. The second kappa shape index (κ2) is 4.07. The van der Waals surface area contributed by atoms with E-state index < -0.39 is 17.7 Å². The van der Waals surface area contributed by atoms with Gasteiger partial charge in [-0.15, -0.1) is 0 Å². The van der Waals surface area contributed by atoms with E-state index in [1.54, 1.807) is 0 Å². The summed E-state index contributed by atoms with van der Waals surface area (Å²) in [5.41, 5.74) is -0.758. The highest BCUT2D eigenvalue weighted by Gasteiger charge is 2.57. The monoisotopic (exact) mass is 188 g/mol. The molecule has 4 nitrogen and oxygen atoms in total. The zero-order valence-electron chi connectivity index (χ0n) is 8.08. The third-order valence-electron chi connectivity index (χ3n) is 2.30. The van der Waals surface area contributed by atoms with Crippen LogP contribution >= 0.6 is 0 Å². The Labute approximate surface area is 77.8 Å². The van der Waals surface area contributed by atoms with Crippen LogP contribution in [-0.4, -0.2) is 30.6 Å². The predicted molar refractivity (Wildman–Crippen MR) is 46.3 cm³/mol. The Balaban J connectivity index is 2.58. The maximum atomic E-state index is 10.9. The van der Waals surface area contributed by atoms with Crippen molar-refractivity contribution < 1.29 is 19.4 Å². The predicted octanol–water partition coefficient (Wildman–Crippen LogP) is 1.25. The molecule has 0 aromatic carbocycles. The van der Waals surface area contributed by atoms with Crippen molar-refractivity contribution in [3.63, 3.8) is 0 Å². The summed E-state index contributed by atoms with van der Waals surface area (Å²) >= 11 is 0. The van der Waals surface area contributed by atoms with Gasteiger partial charge in [-0.05, 0) is 26.7 Å².